The lowest BCUT2D eigenvalue weighted by Gasteiger charge is -2.11. The lowest BCUT2D eigenvalue weighted by atomic mass is 10.1. The van der Waals surface area contributed by atoms with E-state index in [-0.39, 0.29) is 0 Å². The van der Waals surface area contributed by atoms with Crippen molar-refractivity contribution in [1.29, 1.82) is 0 Å². The molecule has 0 fully saturated rings. The summed E-state index contributed by atoms with van der Waals surface area (Å²) in [6.45, 7) is 1.84. The number of aryl methyl sites for hydroxylation is 1. The van der Waals surface area contributed by atoms with E-state index in [0.717, 1.165) is 15.9 Å². The van der Waals surface area contributed by atoms with Crippen molar-refractivity contribution in [2.45, 2.75) is 6.92 Å². The van der Waals surface area contributed by atoms with Gasteiger partial charge in [-0.05, 0) is 31.2 Å². The van der Waals surface area contributed by atoms with Crippen LogP contribution in [0.4, 0.5) is 0 Å². The van der Waals surface area contributed by atoms with Gasteiger partial charge in [0.25, 0.3) is 0 Å². The van der Waals surface area contributed by atoms with Crippen molar-refractivity contribution >= 4 is 0 Å². The molecule has 3 aromatic rings. The number of para-hydroxylation sites is 1. The quantitative estimate of drug-likeness (QED) is 0.549. The number of ether oxygens (including phenoxy) is 1. The van der Waals surface area contributed by atoms with Gasteiger partial charge in [0, 0.05) is 11.1 Å². The van der Waals surface area contributed by atoms with Crippen LogP contribution in [-0.2, 0) is 0 Å². The topological polar surface area (TPSA) is 49.1 Å². The van der Waals surface area contributed by atoms with Crippen molar-refractivity contribution in [2.75, 3.05) is 7.11 Å². The number of hydrogen-bond acceptors (Lipinski definition) is 3. The summed E-state index contributed by atoms with van der Waals surface area (Å²) < 4.78 is 6.22. The van der Waals surface area contributed by atoms with Crippen LogP contribution in [0, 0.1) is 12.1 Å². The third-order valence-electron chi connectivity index (χ3n) is 3.52. The van der Waals surface area contributed by atoms with E-state index in [1.807, 2.05) is 61.5 Å². The van der Waals surface area contributed by atoms with Crippen LogP contribution in [-0.4, -0.2) is 12.1 Å². The van der Waals surface area contributed by atoms with Gasteiger partial charge in [-0.15, -0.1) is 0 Å². The lowest BCUT2D eigenvalue weighted by Crippen LogP contribution is -2.31. The summed E-state index contributed by atoms with van der Waals surface area (Å²) in [4.78, 5) is 4.59. The molecule has 0 aliphatic carbocycles. The molecule has 0 bridgehead atoms. The maximum atomic E-state index is 12.5. The molecule has 0 saturated carbocycles. The molecule has 0 radical (unpaired) electrons. The summed E-state index contributed by atoms with van der Waals surface area (Å²) in [5, 5.41) is 12.5. The van der Waals surface area contributed by atoms with Gasteiger partial charge in [-0.25, -0.2) is 4.98 Å². The Morgan fingerprint density at radius 1 is 1.00 bits per heavy atom. The van der Waals surface area contributed by atoms with Gasteiger partial charge in [-0.1, -0.05) is 30.3 Å². The first-order valence-corrected chi connectivity index (χ1v) is 7.00. The highest BCUT2D eigenvalue weighted by atomic mass is 16.5. The van der Waals surface area contributed by atoms with E-state index < -0.39 is 0 Å². The molecule has 1 aromatic heterocycles. The number of hydrogen-bond donors (Lipinski definition) is 0. The largest absolute Gasteiger partial charge is 0.618 e. The number of nitrogens with zero attached hydrogens (tertiary/aromatic N) is 2. The molecule has 4 nitrogen and oxygen atoms in total. The van der Waals surface area contributed by atoms with Gasteiger partial charge in [0.05, 0.1) is 7.11 Å². The second-order valence-electron chi connectivity index (χ2n) is 4.95. The molecule has 4 heteroatoms. The SMILES string of the molecule is COc1ccccc1-c1c[n+]([O-])c(-c2ccccc2)c(C)n1. The van der Waals surface area contributed by atoms with Crippen molar-refractivity contribution in [1.82, 2.24) is 4.98 Å². The molecule has 0 atom stereocenters. The molecule has 2 aromatic carbocycles. The Kier molecular flexibility index (Phi) is 3.74. The molecule has 1 heterocycles. The van der Waals surface area contributed by atoms with Crippen LogP contribution in [0.5, 0.6) is 5.75 Å². The summed E-state index contributed by atoms with van der Waals surface area (Å²) in [5.74, 6) is 0.696. The van der Waals surface area contributed by atoms with E-state index >= 15 is 0 Å². The minimum absolute atomic E-state index is 0.569. The van der Waals surface area contributed by atoms with Crippen molar-refractivity contribution in [3.05, 3.63) is 71.7 Å². The standard InChI is InChI=1S/C18H16N2O2/c1-13-18(14-8-4-3-5-9-14)20(21)12-16(19-13)15-10-6-7-11-17(15)22-2/h3-12H,1-2H3. The zero-order chi connectivity index (χ0) is 15.5. The minimum Gasteiger partial charge on any atom is -0.618 e. The van der Waals surface area contributed by atoms with Crippen molar-refractivity contribution in [3.63, 3.8) is 0 Å². The first-order valence-electron chi connectivity index (χ1n) is 7.00. The minimum atomic E-state index is 0.569. The predicted molar refractivity (Wildman–Crippen MR) is 85.4 cm³/mol. The van der Waals surface area contributed by atoms with Crippen LogP contribution >= 0.6 is 0 Å². The fourth-order valence-corrected chi connectivity index (χ4v) is 2.52. The highest BCUT2D eigenvalue weighted by Crippen LogP contribution is 2.29. The maximum Gasteiger partial charge on any atom is 0.245 e. The molecular formula is C18H16N2O2. The maximum absolute atomic E-state index is 12.5. The predicted octanol–water partition coefficient (Wildman–Crippen LogP) is 3.37. The van der Waals surface area contributed by atoms with Crippen molar-refractivity contribution in [2.24, 2.45) is 0 Å². The first kappa shape index (κ1) is 14.1. The molecule has 0 unspecified atom stereocenters. The third kappa shape index (κ3) is 2.51. The Morgan fingerprint density at radius 2 is 1.68 bits per heavy atom. The molecule has 3 rings (SSSR count). The summed E-state index contributed by atoms with van der Waals surface area (Å²) in [6.07, 6.45) is 1.49. The normalized spacial score (nSPS) is 10.5. The second-order valence-corrected chi connectivity index (χ2v) is 4.95. The van der Waals surface area contributed by atoms with E-state index in [1.165, 1.54) is 6.20 Å². The Hall–Kier alpha value is -2.88. The van der Waals surface area contributed by atoms with Gasteiger partial charge < -0.3 is 9.94 Å². The number of aromatic nitrogens is 2. The average molecular weight is 292 g/mol. The highest BCUT2D eigenvalue weighted by molar-refractivity contribution is 5.67. The van der Waals surface area contributed by atoms with Gasteiger partial charge in [-0.3, -0.25) is 0 Å². The van der Waals surface area contributed by atoms with Gasteiger partial charge in [0.1, 0.15) is 17.1 Å². The molecule has 0 aliphatic heterocycles. The van der Waals surface area contributed by atoms with Crippen LogP contribution in [0.2, 0.25) is 0 Å². The zero-order valence-electron chi connectivity index (χ0n) is 12.5. The number of rotatable bonds is 3. The monoisotopic (exact) mass is 292 g/mol. The van der Waals surface area contributed by atoms with Crippen LogP contribution in [0.25, 0.3) is 22.5 Å². The van der Waals surface area contributed by atoms with E-state index in [2.05, 4.69) is 4.98 Å². The molecule has 0 N–H and O–H groups in total. The van der Waals surface area contributed by atoms with E-state index in [1.54, 1.807) is 7.11 Å². The summed E-state index contributed by atoms with van der Waals surface area (Å²) in [6, 6.07) is 17.1. The van der Waals surface area contributed by atoms with Crippen molar-refractivity contribution in [3.8, 4) is 28.3 Å². The van der Waals surface area contributed by atoms with Gasteiger partial charge >= 0.3 is 0 Å². The third-order valence-corrected chi connectivity index (χ3v) is 3.52. The number of benzene rings is 2. The van der Waals surface area contributed by atoms with E-state index in [9.17, 15) is 5.21 Å². The molecule has 0 aliphatic rings. The second kappa shape index (κ2) is 5.85. The van der Waals surface area contributed by atoms with E-state index in [0.29, 0.717) is 22.8 Å². The molecule has 110 valence electrons. The molecule has 0 spiro atoms. The van der Waals surface area contributed by atoms with Crippen LogP contribution in [0.1, 0.15) is 5.69 Å². The molecule has 0 amide bonds. The van der Waals surface area contributed by atoms with Gasteiger partial charge in [0.15, 0.2) is 0 Å². The Balaban J connectivity index is 2.14. The Morgan fingerprint density at radius 3 is 2.36 bits per heavy atom. The smallest absolute Gasteiger partial charge is 0.245 e. The van der Waals surface area contributed by atoms with Crippen LogP contribution < -0.4 is 9.47 Å². The van der Waals surface area contributed by atoms with Crippen molar-refractivity contribution < 1.29 is 9.47 Å². The highest BCUT2D eigenvalue weighted by Gasteiger charge is 2.18. The molecule has 22 heavy (non-hydrogen) atoms. The Labute approximate surface area is 129 Å². The van der Waals surface area contributed by atoms with Gasteiger partial charge in [0.2, 0.25) is 11.9 Å². The zero-order valence-corrected chi connectivity index (χ0v) is 12.5. The number of methoxy groups -OCH3 is 1. The fraction of sp³-hybridized carbons (Fsp3) is 0.111. The summed E-state index contributed by atoms with van der Waals surface area (Å²) in [5.41, 5.74) is 3.51. The lowest BCUT2D eigenvalue weighted by molar-refractivity contribution is -0.593. The van der Waals surface area contributed by atoms with Crippen LogP contribution in [0.15, 0.2) is 60.8 Å². The first-order chi connectivity index (χ1) is 10.7. The van der Waals surface area contributed by atoms with Crippen LogP contribution in [0.3, 0.4) is 0 Å². The van der Waals surface area contributed by atoms with E-state index in [4.69, 9.17) is 4.74 Å². The Bertz CT molecular complexity index is 778. The van der Waals surface area contributed by atoms with Gasteiger partial charge in [-0.2, -0.15) is 4.73 Å². The average Bonchev–Trinajstić information content (AvgIpc) is 2.55. The fourth-order valence-electron chi connectivity index (χ4n) is 2.52. The summed E-state index contributed by atoms with van der Waals surface area (Å²) in [7, 11) is 1.61. The molecule has 0 saturated heterocycles. The summed E-state index contributed by atoms with van der Waals surface area (Å²) >= 11 is 0. The molecular weight excluding hydrogens is 276 g/mol.